The van der Waals surface area contributed by atoms with Gasteiger partial charge in [0.1, 0.15) is 9.57 Å². The number of rotatable bonds is 5. The second kappa shape index (κ2) is 9.27. The van der Waals surface area contributed by atoms with Crippen molar-refractivity contribution in [2.75, 3.05) is 32.7 Å². The molecule has 0 radical (unpaired) electrons. The molecule has 3 nitrogen and oxygen atoms in total. The lowest BCUT2D eigenvalue weighted by Crippen LogP contribution is -2.45. The van der Waals surface area contributed by atoms with Gasteiger partial charge < -0.3 is 10.0 Å². The van der Waals surface area contributed by atoms with Crippen LogP contribution >= 0.6 is 45.3 Å². The highest BCUT2D eigenvalue weighted by Crippen LogP contribution is 2.32. The van der Waals surface area contributed by atoms with Gasteiger partial charge in [-0.3, -0.25) is 4.90 Å². The first-order chi connectivity index (χ1) is 11.2. The monoisotopic (exact) mass is 402 g/mol. The Kier molecular flexibility index (Phi) is 7.65. The molecule has 1 fully saturated rings. The van der Waals surface area contributed by atoms with Crippen LogP contribution in [0.2, 0.25) is 0 Å². The molecule has 2 aromatic rings. The second-order valence-electron chi connectivity index (χ2n) is 5.96. The maximum absolute atomic E-state index is 10.2. The van der Waals surface area contributed by atoms with Crippen LogP contribution < -0.4 is 0 Å². The zero-order chi connectivity index (χ0) is 16.2. The summed E-state index contributed by atoms with van der Waals surface area (Å²) in [5.74, 6) is 0.392. The minimum atomic E-state index is 0. The van der Waals surface area contributed by atoms with E-state index in [9.17, 15) is 5.11 Å². The number of benzene rings is 1. The smallest absolute Gasteiger partial charge is 0.120 e. The molecule has 0 amide bonds. The van der Waals surface area contributed by atoms with E-state index in [2.05, 4.69) is 22.8 Å². The lowest BCUT2D eigenvalue weighted by molar-refractivity contribution is 0.126. The van der Waals surface area contributed by atoms with E-state index in [4.69, 9.17) is 12.2 Å². The van der Waals surface area contributed by atoms with E-state index in [-0.39, 0.29) is 12.4 Å². The number of piperazine rings is 1. The van der Waals surface area contributed by atoms with E-state index in [1.54, 1.807) is 20.7 Å². The predicted molar refractivity (Wildman–Crippen MR) is 109 cm³/mol. The van der Waals surface area contributed by atoms with Crippen molar-refractivity contribution in [3.63, 3.8) is 0 Å². The summed E-state index contributed by atoms with van der Waals surface area (Å²) >= 11 is 5.22. The molecule has 0 spiro atoms. The van der Waals surface area contributed by atoms with Crippen LogP contribution in [0.25, 0.3) is 10.4 Å². The van der Waals surface area contributed by atoms with Crippen molar-refractivity contribution in [3.05, 3.63) is 33.7 Å². The van der Waals surface area contributed by atoms with Crippen LogP contribution in [0.15, 0.2) is 24.3 Å². The third-order valence-electron chi connectivity index (χ3n) is 4.23. The molecule has 132 valence electrons. The van der Waals surface area contributed by atoms with Crippen molar-refractivity contribution in [2.45, 2.75) is 19.9 Å². The summed E-state index contributed by atoms with van der Waals surface area (Å²) in [7, 11) is 3.33. The van der Waals surface area contributed by atoms with Crippen LogP contribution in [-0.4, -0.2) is 47.6 Å². The van der Waals surface area contributed by atoms with E-state index in [1.807, 2.05) is 18.2 Å². The van der Waals surface area contributed by atoms with Gasteiger partial charge in [-0.2, -0.15) is 0 Å². The molecule has 7 heteroatoms. The molecule has 0 bridgehead atoms. The van der Waals surface area contributed by atoms with Gasteiger partial charge in [0, 0.05) is 43.2 Å². The zero-order valence-corrected chi connectivity index (χ0v) is 17.0. The molecular formula is C17H23ClN2OS3. The van der Waals surface area contributed by atoms with Crippen LogP contribution in [0.1, 0.15) is 18.9 Å². The van der Waals surface area contributed by atoms with Crippen LogP contribution in [0.4, 0.5) is 0 Å². The summed E-state index contributed by atoms with van der Waals surface area (Å²) < 4.78 is 0.923. The minimum Gasteiger partial charge on any atom is -0.508 e. The van der Waals surface area contributed by atoms with Gasteiger partial charge in [0.25, 0.3) is 0 Å². The summed E-state index contributed by atoms with van der Waals surface area (Å²) in [5, 5.41) is 10.2. The highest BCUT2D eigenvalue weighted by molar-refractivity contribution is 7.80. The van der Waals surface area contributed by atoms with Gasteiger partial charge >= 0.3 is 0 Å². The maximum Gasteiger partial charge on any atom is 0.120 e. The fourth-order valence-corrected chi connectivity index (χ4v) is 5.36. The highest BCUT2D eigenvalue weighted by atomic mass is 35.5. The fraction of sp³-hybridized carbons (Fsp3) is 0.471. The Morgan fingerprint density at radius 2 is 1.79 bits per heavy atom. The highest BCUT2D eigenvalue weighted by Gasteiger charge is 2.17. The SMILES string of the molecule is CCCN1CCN(Cc2cc(-c3cc(=S)ss3)ccc2O)CC1.Cl. The van der Waals surface area contributed by atoms with Crippen LogP contribution in [0, 0.1) is 3.82 Å². The average molecular weight is 403 g/mol. The van der Waals surface area contributed by atoms with E-state index in [0.717, 1.165) is 47.7 Å². The van der Waals surface area contributed by atoms with Gasteiger partial charge in [-0.25, -0.2) is 0 Å². The molecule has 1 aliphatic heterocycles. The largest absolute Gasteiger partial charge is 0.508 e. The predicted octanol–water partition coefficient (Wildman–Crippen LogP) is 4.86. The summed E-state index contributed by atoms with van der Waals surface area (Å²) in [4.78, 5) is 6.14. The van der Waals surface area contributed by atoms with Gasteiger partial charge in [0.15, 0.2) is 0 Å². The topological polar surface area (TPSA) is 26.7 Å². The van der Waals surface area contributed by atoms with Crippen LogP contribution in [0.3, 0.4) is 0 Å². The Balaban J connectivity index is 0.00000208. The number of hydrogen-bond acceptors (Lipinski definition) is 6. The average Bonchev–Trinajstić information content (AvgIpc) is 2.98. The molecule has 1 N–H and O–H groups in total. The van der Waals surface area contributed by atoms with E-state index in [1.165, 1.54) is 17.8 Å². The van der Waals surface area contributed by atoms with Gasteiger partial charge in [-0.1, -0.05) is 39.8 Å². The molecular weight excluding hydrogens is 380 g/mol. The number of halogens is 1. The lowest BCUT2D eigenvalue weighted by Gasteiger charge is -2.34. The minimum absolute atomic E-state index is 0. The van der Waals surface area contributed by atoms with Crippen molar-refractivity contribution in [2.24, 2.45) is 0 Å². The Bertz CT molecular complexity index is 708. The third kappa shape index (κ3) is 5.00. The van der Waals surface area contributed by atoms with E-state index in [0.29, 0.717) is 5.75 Å². The third-order valence-corrected chi connectivity index (χ3v) is 7.14. The normalized spacial score (nSPS) is 16.0. The van der Waals surface area contributed by atoms with Crippen molar-refractivity contribution < 1.29 is 5.11 Å². The molecule has 0 unspecified atom stereocenters. The standard InChI is InChI=1S/C17H22N2OS3.ClH/c1-2-5-18-6-8-19(9-7-18)12-14-10-13(3-4-15(14)20)16-11-17(21)23-22-16;/h3-4,10-11,20H,2,5-9,12H2,1H3;1H. The molecule has 1 saturated heterocycles. The van der Waals surface area contributed by atoms with Crippen LogP contribution in [-0.2, 0) is 6.54 Å². The summed E-state index contributed by atoms with van der Waals surface area (Å²) in [6.45, 7) is 8.63. The second-order valence-corrected chi connectivity index (χ2v) is 8.87. The van der Waals surface area contributed by atoms with Gasteiger partial charge in [0.2, 0.25) is 0 Å². The van der Waals surface area contributed by atoms with Gasteiger partial charge in [-0.05, 0) is 42.8 Å². The first kappa shape index (κ1) is 19.8. The Morgan fingerprint density at radius 1 is 1.08 bits per heavy atom. The Morgan fingerprint density at radius 3 is 2.42 bits per heavy atom. The van der Waals surface area contributed by atoms with Crippen molar-refractivity contribution in [3.8, 4) is 16.2 Å². The summed E-state index contributed by atoms with van der Waals surface area (Å²) in [5.41, 5.74) is 2.16. The Hall–Kier alpha value is -0.500. The molecule has 1 aromatic carbocycles. The molecule has 3 rings (SSSR count). The number of phenolic OH excluding ortho intramolecular Hbond substituents is 1. The molecule has 1 aliphatic rings. The quantitative estimate of drug-likeness (QED) is 0.570. The first-order valence-electron chi connectivity index (χ1n) is 8.03. The molecule has 0 atom stereocenters. The van der Waals surface area contributed by atoms with Gasteiger partial charge in [0.05, 0.1) is 0 Å². The van der Waals surface area contributed by atoms with E-state index >= 15 is 0 Å². The number of aromatic hydroxyl groups is 1. The molecule has 1 aromatic heterocycles. The summed E-state index contributed by atoms with van der Waals surface area (Å²) in [6.07, 6.45) is 1.22. The molecule has 0 aliphatic carbocycles. The van der Waals surface area contributed by atoms with Crippen LogP contribution in [0.5, 0.6) is 5.75 Å². The maximum atomic E-state index is 10.2. The first-order valence-corrected chi connectivity index (χ1v) is 10.6. The summed E-state index contributed by atoms with van der Waals surface area (Å²) in [6, 6.07) is 7.95. The zero-order valence-electron chi connectivity index (χ0n) is 13.7. The number of phenols is 1. The lowest BCUT2D eigenvalue weighted by atomic mass is 10.1. The van der Waals surface area contributed by atoms with Crippen molar-refractivity contribution in [1.82, 2.24) is 9.80 Å². The fourth-order valence-electron chi connectivity index (χ4n) is 2.97. The number of nitrogens with zero attached hydrogens (tertiary/aromatic N) is 2. The van der Waals surface area contributed by atoms with E-state index < -0.39 is 0 Å². The molecule has 0 saturated carbocycles. The number of hydrogen-bond donors (Lipinski definition) is 1. The Labute approximate surface area is 162 Å². The molecule has 2 heterocycles. The van der Waals surface area contributed by atoms with Crippen molar-refractivity contribution >= 4 is 45.3 Å². The van der Waals surface area contributed by atoms with Crippen molar-refractivity contribution in [1.29, 1.82) is 0 Å². The van der Waals surface area contributed by atoms with Gasteiger partial charge in [-0.15, -0.1) is 12.4 Å². The molecule has 24 heavy (non-hydrogen) atoms.